The predicted octanol–water partition coefficient (Wildman–Crippen LogP) is -0.554. The summed E-state index contributed by atoms with van der Waals surface area (Å²) in [5.74, 6) is -0.151. The molecule has 144 valence electrons. The minimum absolute atomic E-state index is 0.0589. The Morgan fingerprint density at radius 2 is 1.52 bits per heavy atom. The van der Waals surface area contributed by atoms with Crippen molar-refractivity contribution in [1.82, 2.24) is 13.9 Å². The molecule has 0 radical (unpaired) electrons. The van der Waals surface area contributed by atoms with Crippen LogP contribution in [0, 0.1) is 16.7 Å². The number of sulfonamides is 2. The summed E-state index contributed by atoms with van der Waals surface area (Å²) in [4.78, 5) is 12.7. The van der Waals surface area contributed by atoms with E-state index in [1.807, 2.05) is 0 Å². The van der Waals surface area contributed by atoms with Crippen molar-refractivity contribution in [3.63, 3.8) is 0 Å². The van der Waals surface area contributed by atoms with E-state index in [0.717, 1.165) is 6.42 Å². The minimum Gasteiger partial charge on any atom is -0.359 e. The van der Waals surface area contributed by atoms with Gasteiger partial charge >= 0.3 is 0 Å². The summed E-state index contributed by atoms with van der Waals surface area (Å²) < 4.78 is 50.7. The van der Waals surface area contributed by atoms with E-state index >= 15 is 0 Å². The number of fused-ring (bicyclic) bond motifs is 2. The maximum absolute atomic E-state index is 12.7. The van der Waals surface area contributed by atoms with Crippen molar-refractivity contribution in [1.29, 1.82) is 0 Å². The van der Waals surface area contributed by atoms with E-state index in [4.69, 9.17) is 0 Å². The Morgan fingerprint density at radius 1 is 0.960 bits per heavy atom. The van der Waals surface area contributed by atoms with Gasteiger partial charge in [-0.1, -0.05) is 0 Å². The molecule has 2 heterocycles. The van der Waals surface area contributed by atoms with E-state index in [2.05, 4.69) is 5.32 Å². The highest BCUT2D eigenvalue weighted by molar-refractivity contribution is 7.88. The lowest BCUT2D eigenvalue weighted by atomic mass is 9.66. The van der Waals surface area contributed by atoms with E-state index in [1.165, 1.54) is 21.1 Å². The Labute approximate surface area is 150 Å². The number of nitrogens with zero attached hydrogens (tertiary/aromatic N) is 2. The Bertz CT molecular complexity index is 771. The van der Waals surface area contributed by atoms with Crippen LogP contribution in [-0.4, -0.2) is 77.1 Å². The fourth-order valence-corrected chi connectivity index (χ4v) is 6.98. The third-order valence-electron chi connectivity index (χ3n) is 6.66. The molecule has 1 amide bonds. The third kappa shape index (κ3) is 3.00. The molecule has 1 N–H and O–H groups in total. The monoisotopic (exact) mass is 393 g/mol. The van der Waals surface area contributed by atoms with Gasteiger partial charge in [0.2, 0.25) is 26.0 Å². The van der Waals surface area contributed by atoms with Gasteiger partial charge in [0, 0.05) is 33.2 Å². The molecule has 3 fully saturated rings. The molecule has 3 aliphatic rings. The number of carbonyl (C=O) groups is 1. The van der Waals surface area contributed by atoms with Crippen molar-refractivity contribution in [2.45, 2.75) is 25.7 Å². The molecule has 10 heteroatoms. The average molecular weight is 394 g/mol. The zero-order valence-electron chi connectivity index (χ0n) is 15.0. The lowest BCUT2D eigenvalue weighted by Gasteiger charge is -2.43. The van der Waals surface area contributed by atoms with Gasteiger partial charge in [-0.05, 0) is 37.0 Å². The van der Waals surface area contributed by atoms with Crippen molar-refractivity contribution < 1.29 is 21.6 Å². The fourth-order valence-electron chi connectivity index (χ4n) is 5.25. The molecule has 2 saturated heterocycles. The fraction of sp³-hybridized carbons (Fsp3) is 0.933. The number of amides is 1. The molecule has 25 heavy (non-hydrogen) atoms. The molecule has 8 nitrogen and oxygen atoms in total. The zero-order valence-corrected chi connectivity index (χ0v) is 16.6. The summed E-state index contributed by atoms with van der Waals surface area (Å²) in [5.41, 5.74) is -0.849. The number of hydrogen-bond donors (Lipinski definition) is 1. The maximum atomic E-state index is 12.7. The molecule has 3 rings (SSSR count). The Hall–Kier alpha value is -0.710. The van der Waals surface area contributed by atoms with Crippen LogP contribution in [0.25, 0.3) is 0 Å². The van der Waals surface area contributed by atoms with Crippen LogP contribution in [0.3, 0.4) is 0 Å². The number of hydrogen-bond acceptors (Lipinski definition) is 5. The van der Waals surface area contributed by atoms with Gasteiger partial charge in [-0.2, -0.15) is 0 Å². The van der Waals surface area contributed by atoms with Crippen LogP contribution in [0.1, 0.15) is 25.7 Å². The van der Waals surface area contributed by atoms with Crippen LogP contribution in [0.4, 0.5) is 0 Å². The maximum Gasteiger partial charge on any atom is 0.227 e. The summed E-state index contributed by atoms with van der Waals surface area (Å²) in [7, 11) is -4.99. The molecule has 2 atom stereocenters. The van der Waals surface area contributed by atoms with Crippen molar-refractivity contribution in [2.75, 3.05) is 45.7 Å². The molecule has 0 bridgehead atoms. The standard InChI is InChI=1S/C15H27N3O5S2/c1-16-13(19)15-5-4-14(6-8-17(9-7-14)24(2,20)21)12(15)10-18(11-15)25(3,22)23/h12H,4-11H2,1-3H3,(H,16,19)/t12-,15+/m0/s1. The van der Waals surface area contributed by atoms with Gasteiger partial charge in [0.15, 0.2) is 0 Å². The normalized spacial score (nSPS) is 33.5. The first-order chi connectivity index (χ1) is 11.4. The number of nitrogens with one attached hydrogen (secondary N) is 1. The van der Waals surface area contributed by atoms with E-state index < -0.39 is 25.5 Å². The lowest BCUT2D eigenvalue weighted by molar-refractivity contribution is -0.132. The quantitative estimate of drug-likeness (QED) is 0.693. The minimum atomic E-state index is -3.37. The Balaban J connectivity index is 1.91. The summed E-state index contributed by atoms with van der Waals surface area (Å²) in [6, 6.07) is 0. The van der Waals surface area contributed by atoms with Crippen molar-refractivity contribution in [2.24, 2.45) is 16.7 Å². The molecule has 1 saturated carbocycles. The van der Waals surface area contributed by atoms with Crippen LogP contribution < -0.4 is 5.32 Å². The first-order valence-corrected chi connectivity index (χ1v) is 12.3. The number of rotatable bonds is 3. The summed E-state index contributed by atoms with van der Waals surface area (Å²) in [5, 5.41) is 2.73. The third-order valence-corrected chi connectivity index (χ3v) is 9.17. The summed E-state index contributed by atoms with van der Waals surface area (Å²) >= 11 is 0. The van der Waals surface area contributed by atoms with Gasteiger partial charge in [0.25, 0.3) is 0 Å². The highest BCUT2D eigenvalue weighted by Crippen LogP contribution is 2.62. The number of carbonyl (C=O) groups excluding carboxylic acids is 1. The molecule has 0 unspecified atom stereocenters. The molecule has 0 aromatic carbocycles. The molecule has 1 aliphatic carbocycles. The molecule has 2 aliphatic heterocycles. The number of piperidine rings is 1. The molecule has 1 spiro atoms. The van der Waals surface area contributed by atoms with Crippen LogP contribution in [0.5, 0.6) is 0 Å². The van der Waals surface area contributed by atoms with Crippen LogP contribution in [0.2, 0.25) is 0 Å². The van der Waals surface area contributed by atoms with E-state index in [0.29, 0.717) is 38.9 Å². The average Bonchev–Trinajstić information content (AvgIpc) is 3.04. The van der Waals surface area contributed by atoms with Gasteiger partial charge in [0.05, 0.1) is 17.9 Å². The topological polar surface area (TPSA) is 104 Å². The summed E-state index contributed by atoms with van der Waals surface area (Å²) in [6.07, 6.45) is 5.27. The van der Waals surface area contributed by atoms with E-state index in [1.54, 1.807) is 7.05 Å². The smallest absolute Gasteiger partial charge is 0.227 e. The van der Waals surface area contributed by atoms with Gasteiger partial charge in [-0.25, -0.2) is 25.4 Å². The highest BCUT2D eigenvalue weighted by atomic mass is 32.2. The second kappa shape index (κ2) is 5.90. The van der Waals surface area contributed by atoms with Gasteiger partial charge in [-0.3, -0.25) is 4.79 Å². The van der Waals surface area contributed by atoms with Crippen molar-refractivity contribution in [3.8, 4) is 0 Å². The second-order valence-electron chi connectivity index (χ2n) is 7.87. The second-order valence-corrected chi connectivity index (χ2v) is 11.8. The van der Waals surface area contributed by atoms with Gasteiger partial charge < -0.3 is 5.32 Å². The lowest BCUT2D eigenvalue weighted by Crippen LogP contribution is -2.49. The van der Waals surface area contributed by atoms with Crippen molar-refractivity contribution >= 4 is 26.0 Å². The van der Waals surface area contributed by atoms with Crippen LogP contribution >= 0.6 is 0 Å². The Morgan fingerprint density at radius 3 is 2.00 bits per heavy atom. The molecule has 0 aromatic rings. The SMILES string of the molecule is CNC(=O)[C@@]12CCC3(CCN(S(C)(=O)=O)CC3)[C@@H]1CN(S(C)(=O)=O)C2. The molecular formula is C15H27N3O5S2. The predicted molar refractivity (Wildman–Crippen MR) is 93.7 cm³/mol. The van der Waals surface area contributed by atoms with Gasteiger partial charge in [-0.15, -0.1) is 0 Å². The highest BCUT2D eigenvalue weighted by Gasteiger charge is 2.65. The Kier molecular flexibility index (Phi) is 4.50. The first-order valence-electron chi connectivity index (χ1n) is 8.57. The molecular weight excluding hydrogens is 366 g/mol. The van der Waals surface area contributed by atoms with Crippen LogP contribution in [-0.2, 0) is 24.8 Å². The molecule has 0 aromatic heterocycles. The zero-order chi connectivity index (χ0) is 18.7. The summed E-state index contributed by atoms with van der Waals surface area (Å²) in [6.45, 7) is 1.47. The van der Waals surface area contributed by atoms with E-state index in [9.17, 15) is 21.6 Å². The van der Waals surface area contributed by atoms with Crippen LogP contribution in [0.15, 0.2) is 0 Å². The largest absolute Gasteiger partial charge is 0.359 e. The first kappa shape index (κ1) is 19.1. The van der Waals surface area contributed by atoms with Crippen molar-refractivity contribution in [3.05, 3.63) is 0 Å². The van der Waals surface area contributed by atoms with E-state index in [-0.39, 0.29) is 23.8 Å². The van der Waals surface area contributed by atoms with Gasteiger partial charge in [0.1, 0.15) is 0 Å².